The van der Waals surface area contributed by atoms with E-state index in [0.717, 1.165) is 17.4 Å². The van der Waals surface area contributed by atoms with Crippen LogP contribution in [-0.2, 0) is 6.42 Å². The highest BCUT2D eigenvalue weighted by Crippen LogP contribution is 2.15. The van der Waals surface area contributed by atoms with Crippen LogP contribution in [0.25, 0.3) is 0 Å². The molecule has 0 saturated heterocycles. The van der Waals surface area contributed by atoms with E-state index in [-0.39, 0.29) is 24.8 Å². The van der Waals surface area contributed by atoms with E-state index in [1.165, 1.54) is 5.56 Å². The van der Waals surface area contributed by atoms with Gasteiger partial charge in [0.15, 0.2) is 0 Å². The van der Waals surface area contributed by atoms with Crippen molar-refractivity contribution in [3.8, 4) is 0 Å². The Kier molecular flexibility index (Phi) is 10.6. The second-order valence-corrected chi connectivity index (χ2v) is 3.15. The van der Waals surface area contributed by atoms with Crippen molar-refractivity contribution in [3.63, 3.8) is 0 Å². The Balaban J connectivity index is 0. The highest BCUT2D eigenvalue weighted by atomic mass is 79.9. The van der Waals surface area contributed by atoms with Gasteiger partial charge in [-0.3, -0.25) is 11.3 Å². The number of nitrogens with one attached hydrogen (secondary N) is 1. The first-order valence-corrected chi connectivity index (χ1v) is 4.31. The SMILES string of the molecule is Cl.Cl.NNCCc1ccccc1Br. The monoisotopic (exact) mass is 286 g/mol. The summed E-state index contributed by atoms with van der Waals surface area (Å²) in [6.07, 6.45) is 0.956. The van der Waals surface area contributed by atoms with E-state index >= 15 is 0 Å². The molecule has 0 aliphatic carbocycles. The van der Waals surface area contributed by atoms with Crippen molar-refractivity contribution in [2.24, 2.45) is 5.84 Å². The number of hydrogen-bond acceptors (Lipinski definition) is 2. The van der Waals surface area contributed by atoms with Gasteiger partial charge in [-0.1, -0.05) is 34.1 Å². The quantitative estimate of drug-likeness (QED) is 0.661. The third kappa shape index (κ3) is 5.49. The molecule has 0 saturated carbocycles. The summed E-state index contributed by atoms with van der Waals surface area (Å²) in [5, 5.41) is 0. The zero-order chi connectivity index (χ0) is 8.10. The van der Waals surface area contributed by atoms with Gasteiger partial charge in [0.25, 0.3) is 0 Å². The molecule has 0 spiro atoms. The molecule has 0 amide bonds. The standard InChI is InChI=1S/C8H11BrN2.2ClH/c9-8-4-2-1-3-7(8)5-6-11-10;;/h1-4,11H,5-6,10H2;2*1H. The average molecular weight is 288 g/mol. The fourth-order valence-electron chi connectivity index (χ4n) is 0.908. The maximum absolute atomic E-state index is 5.16. The molecule has 0 radical (unpaired) electrons. The van der Waals surface area contributed by atoms with E-state index in [0.29, 0.717) is 0 Å². The summed E-state index contributed by atoms with van der Waals surface area (Å²) >= 11 is 3.46. The van der Waals surface area contributed by atoms with E-state index in [2.05, 4.69) is 27.4 Å². The van der Waals surface area contributed by atoms with Gasteiger partial charge >= 0.3 is 0 Å². The first kappa shape index (κ1) is 15.7. The summed E-state index contributed by atoms with van der Waals surface area (Å²) in [5.41, 5.74) is 3.91. The Hall–Kier alpha value is 0.200. The largest absolute Gasteiger partial charge is 0.271 e. The van der Waals surface area contributed by atoms with Crippen LogP contribution in [0, 0.1) is 0 Å². The molecule has 0 atom stereocenters. The number of benzene rings is 1. The van der Waals surface area contributed by atoms with Crippen LogP contribution in [0.15, 0.2) is 28.7 Å². The number of hydrogen-bond donors (Lipinski definition) is 2. The predicted octanol–water partition coefficient (Wildman–Crippen LogP) is 2.30. The molecule has 76 valence electrons. The van der Waals surface area contributed by atoms with E-state index in [4.69, 9.17) is 5.84 Å². The van der Waals surface area contributed by atoms with Gasteiger partial charge in [-0.15, -0.1) is 24.8 Å². The summed E-state index contributed by atoms with van der Waals surface area (Å²) in [7, 11) is 0. The molecule has 0 heterocycles. The van der Waals surface area contributed by atoms with Crippen LogP contribution in [0.4, 0.5) is 0 Å². The van der Waals surface area contributed by atoms with Crippen molar-refractivity contribution in [2.75, 3.05) is 6.54 Å². The first-order valence-electron chi connectivity index (χ1n) is 3.51. The van der Waals surface area contributed by atoms with Gasteiger partial charge in [0, 0.05) is 11.0 Å². The van der Waals surface area contributed by atoms with E-state index in [1.807, 2.05) is 18.2 Å². The molecule has 5 heteroatoms. The van der Waals surface area contributed by atoms with Crippen molar-refractivity contribution in [1.82, 2.24) is 5.43 Å². The van der Waals surface area contributed by atoms with Crippen molar-refractivity contribution in [1.29, 1.82) is 0 Å². The summed E-state index contributed by atoms with van der Waals surface area (Å²) in [6, 6.07) is 8.15. The Bertz CT molecular complexity index is 233. The molecule has 1 aromatic rings. The van der Waals surface area contributed by atoms with Crippen LogP contribution in [0.5, 0.6) is 0 Å². The summed E-state index contributed by atoms with van der Waals surface area (Å²) in [5.74, 6) is 5.16. The topological polar surface area (TPSA) is 38.0 Å². The van der Waals surface area contributed by atoms with Gasteiger partial charge in [0.2, 0.25) is 0 Å². The average Bonchev–Trinajstić information content (AvgIpc) is 2.03. The van der Waals surface area contributed by atoms with Crippen LogP contribution >= 0.6 is 40.7 Å². The molecule has 3 N–H and O–H groups in total. The second kappa shape index (κ2) is 8.78. The van der Waals surface area contributed by atoms with Crippen molar-refractivity contribution in [2.45, 2.75) is 6.42 Å². The lowest BCUT2D eigenvalue weighted by atomic mass is 10.2. The number of halogens is 3. The van der Waals surface area contributed by atoms with Gasteiger partial charge in [0.05, 0.1) is 0 Å². The number of nitrogens with two attached hydrogens (primary N) is 1. The molecule has 0 bridgehead atoms. The zero-order valence-electron chi connectivity index (χ0n) is 7.00. The van der Waals surface area contributed by atoms with Crippen LogP contribution in [0.2, 0.25) is 0 Å². The first-order chi connectivity index (χ1) is 5.34. The third-order valence-electron chi connectivity index (χ3n) is 1.50. The number of rotatable bonds is 3. The molecular weight excluding hydrogens is 275 g/mol. The minimum absolute atomic E-state index is 0. The Morgan fingerprint density at radius 3 is 2.38 bits per heavy atom. The highest BCUT2D eigenvalue weighted by Gasteiger charge is 1.95. The Morgan fingerprint density at radius 2 is 1.85 bits per heavy atom. The fraction of sp³-hybridized carbons (Fsp3) is 0.250. The molecule has 0 aromatic heterocycles. The number of hydrazine groups is 1. The van der Waals surface area contributed by atoms with Crippen molar-refractivity contribution in [3.05, 3.63) is 34.3 Å². The summed E-state index contributed by atoms with van der Waals surface area (Å²) < 4.78 is 1.15. The highest BCUT2D eigenvalue weighted by molar-refractivity contribution is 9.10. The maximum atomic E-state index is 5.16. The second-order valence-electron chi connectivity index (χ2n) is 2.30. The fourth-order valence-corrected chi connectivity index (χ4v) is 1.39. The van der Waals surface area contributed by atoms with E-state index in [1.54, 1.807) is 0 Å². The van der Waals surface area contributed by atoms with Gasteiger partial charge in [0.1, 0.15) is 0 Å². The molecule has 13 heavy (non-hydrogen) atoms. The zero-order valence-corrected chi connectivity index (χ0v) is 10.2. The van der Waals surface area contributed by atoms with Gasteiger partial charge in [-0.2, -0.15) is 0 Å². The minimum Gasteiger partial charge on any atom is -0.271 e. The lowest BCUT2D eigenvalue weighted by molar-refractivity contribution is 0.727. The van der Waals surface area contributed by atoms with Crippen molar-refractivity contribution < 1.29 is 0 Å². The van der Waals surface area contributed by atoms with Gasteiger partial charge in [-0.05, 0) is 18.1 Å². The summed E-state index contributed by atoms with van der Waals surface area (Å²) in [4.78, 5) is 0. The Morgan fingerprint density at radius 1 is 1.23 bits per heavy atom. The molecule has 0 aliphatic heterocycles. The van der Waals surface area contributed by atoms with Crippen LogP contribution in [0.1, 0.15) is 5.56 Å². The molecular formula is C8H13BrCl2N2. The van der Waals surface area contributed by atoms with Gasteiger partial charge < -0.3 is 0 Å². The van der Waals surface area contributed by atoms with E-state index < -0.39 is 0 Å². The van der Waals surface area contributed by atoms with E-state index in [9.17, 15) is 0 Å². The smallest absolute Gasteiger partial charge is 0.0207 e. The molecule has 2 nitrogen and oxygen atoms in total. The molecule has 0 fully saturated rings. The third-order valence-corrected chi connectivity index (χ3v) is 2.27. The maximum Gasteiger partial charge on any atom is 0.0207 e. The molecule has 0 unspecified atom stereocenters. The predicted molar refractivity (Wildman–Crippen MR) is 64.5 cm³/mol. The van der Waals surface area contributed by atoms with Crippen LogP contribution < -0.4 is 11.3 Å². The van der Waals surface area contributed by atoms with Crippen LogP contribution in [0.3, 0.4) is 0 Å². The lowest BCUT2D eigenvalue weighted by Crippen LogP contribution is -2.24. The Labute approximate surface area is 99.2 Å². The van der Waals surface area contributed by atoms with Crippen molar-refractivity contribution >= 4 is 40.7 Å². The minimum atomic E-state index is 0. The molecule has 1 rings (SSSR count). The summed E-state index contributed by atoms with van der Waals surface area (Å²) in [6.45, 7) is 0.808. The van der Waals surface area contributed by atoms with Gasteiger partial charge in [-0.25, -0.2) is 0 Å². The normalized spacial score (nSPS) is 8.46. The van der Waals surface area contributed by atoms with Crippen LogP contribution in [-0.4, -0.2) is 6.54 Å². The molecule has 1 aromatic carbocycles. The molecule has 0 aliphatic rings. The lowest BCUT2D eigenvalue weighted by Gasteiger charge is -2.01.